The quantitative estimate of drug-likeness (QED) is 0.595. The maximum absolute atomic E-state index is 13.2. The van der Waals surface area contributed by atoms with Crippen LogP contribution in [-0.4, -0.2) is 16.1 Å². The van der Waals surface area contributed by atoms with Gasteiger partial charge in [0.05, 0.1) is 10.4 Å². The second kappa shape index (κ2) is 5.48. The highest BCUT2D eigenvalue weighted by molar-refractivity contribution is 7.21. The molecule has 1 aromatic heterocycles. The average Bonchev–Trinajstić information content (AvgIpc) is 2.84. The third-order valence-electron chi connectivity index (χ3n) is 3.85. The summed E-state index contributed by atoms with van der Waals surface area (Å²) in [5, 5.41) is 0.780. The van der Waals surface area contributed by atoms with Crippen molar-refractivity contribution in [3.8, 4) is 0 Å². The molecule has 2 amide bonds. The van der Waals surface area contributed by atoms with Gasteiger partial charge in [0.25, 0.3) is 5.91 Å². The van der Waals surface area contributed by atoms with Crippen LogP contribution in [-0.2, 0) is 4.79 Å². The largest absolute Gasteiger partial charge is 0.281 e. The Kier molecular flexibility index (Phi) is 3.99. The van der Waals surface area contributed by atoms with E-state index in [4.69, 9.17) is 34.8 Å². The number of hydrazine groups is 1. The Labute approximate surface area is 149 Å². The van der Waals surface area contributed by atoms with Crippen molar-refractivity contribution in [2.45, 2.75) is 17.7 Å². The standard InChI is InChI=1S/C14H10Cl3FN2O2S/c1-13(5-14(13,16)17)12(22)20-19-11(21)10-9(15)7-3-2-6(18)4-8(7)23-10/h2-4H,5H2,1H3,(H,19,21)(H,20,22). The number of amides is 2. The van der Waals surface area contributed by atoms with Crippen LogP contribution in [0.5, 0.6) is 0 Å². The van der Waals surface area contributed by atoms with E-state index in [0.29, 0.717) is 16.5 Å². The molecule has 122 valence electrons. The lowest BCUT2D eigenvalue weighted by Crippen LogP contribution is -2.45. The van der Waals surface area contributed by atoms with E-state index in [1.54, 1.807) is 6.92 Å². The first kappa shape index (κ1) is 16.8. The first-order valence-corrected chi connectivity index (χ1v) is 8.47. The van der Waals surface area contributed by atoms with Crippen molar-refractivity contribution in [1.82, 2.24) is 10.9 Å². The number of thiophene rings is 1. The molecule has 4 nitrogen and oxygen atoms in total. The van der Waals surface area contributed by atoms with E-state index in [-0.39, 0.29) is 9.90 Å². The van der Waals surface area contributed by atoms with Crippen LogP contribution >= 0.6 is 46.1 Å². The number of halogens is 4. The van der Waals surface area contributed by atoms with Crippen molar-refractivity contribution in [2.75, 3.05) is 0 Å². The second-order valence-corrected chi connectivity index (χ2v) is 8.42. The van der Waals surface area contributed by atoms with E-state index in [9.17, 15) is 14.0 Å². The van der Waals surface area contributed by atoms with E-state index in [2.05, 4.69) is 10.9 Å². The molecule has 0 aliphatic heterocycles. The molecular formula is C14H10Cl3FN2O2S. The minimum absolute atomic E-state index is 0.177. The van der Waals surface area contributed by atoms with Gasteiger partial charge in [-0.15, -0.1) is 34.5 Å². The van der Waals surface area contributed by atoms with Gasteiger partial charge in [-0.2, -0.15) is 0 Å². The van der Waals surface area contributed by atoms with E-state index in [1.807, 2.05) is 0 Å². The Morgan fingerprint density at radius 1 is 1.30 bits per heavy atom. The Hall–Kier alpha value is -1.08. The summed E-state index contributed by atoms with van der Waals surface area (Å²) < 4.78 is 12.6. The lowest BCUT2D eigenvalue weighted by molar-refractivity contribution is -0.126. The molecule has 0 bridgehead atoms. The minimum atomic E-state index is -1.13. The predicted octanol–water partition coefficient (Wildman–Crippen LogP) is 4.04. The van der Waals surface area contributed by atoms with Crippen LogP contribution in [0.4, 0.5) is 4.39 Å². The second-order valence-electron chi connectivity index (χ2n) is 5.51. The summed E-state index contributed by atoms with van der Waals surface area (Å²) in [7, 11) is 0. The number of benzene rings is 1. The molecule has 1 saturated carbocycles. The average molecular weight is 396 g/mol. The molecular weight excluding hydrogens is 386 g/mol. The first-order valence-electron chi connectivity index (χ1n) is 6.52. The molecule has 2 N–H and O–H groups in total. The molecule has 1 aromatic carbocycles. The number of nitrogens with one attached hydrogen (secondary N) is 2. The van der Waals surface area contributed by atoms with Gasteiger partial charge in [0.2, 0.25) is 5.91 Å². The molecule has 23 heavy (non-hydrogen) atoms. The molecule has 1 aliphatic carbocycles. The van der Waals surface area contributed by atoms with Gasteiger partial charge in [0.15, 0.2) is 0 Å². The number of carbonyl (C=O) groups is 2. The van der Waals surface area contributed by atoms with E-state index >= 15 is 0 Å². The van der Waals surface area contributed by atoms with Crippen LogP contribution in [0, 0.1) is 11.2 Å². The summed E-state index contributed by atoms with van der Waals surface area (Å²) in [4.78, 5) is 24.4. The molecule has 3 rings (SSSR count). The molecule has 0 radical (unpaired) electrons. The van der Waals surface area contributed by atoms with E-state index < -0.39 is 27.4 Å². The predicted molar refractivity (Wildman–Crippen MR) is 89.6 cm³/mol. The fraction of sp³-hybridized carbons (Fsp3) is 0.286. The molecule has 1 heterocycles. The van der Waals surface area contributed by atoms with E-state index in [0.717, 1.165) is 11.3 Å². The summed E-state index contributed by atoms with van der Waals surface area (Å²) in [6, 6.07) is 4.06. The summed E-state index contributed by atoms with van der Waals surface area (Å²) in [5.74, 6) is -1.50. The fourth-order valence-corrected chi connectivity index (χ4v) is 4.28. The van der Waals surface area contributed by atoms with Gasteiger partial charge in [0.1, 0.15) is 15.0 Å². The topological polar surface area (TPSA) is 58.2 Å². The summed E-state index contributed by atoms with van der Waals surface area (Å²) >= 11 is 19.0. The third kappa shape index (κ3) is 2.78. The zero-order valence-electron chi connectivity index (χ0n) is 11.7. The molecule has 1 atom stereocenters. The lowest BCUT2D eigenvalue weighted by Gasteiger charge is -2.12. The van der Waals surface area contributed by atoms with Gasteiger partial charge in [-0.05, 0) is 31.5 Å². The SMILES string of the molecule is CC1(C(=O)NNC(=O)c2sc3cc(F)ccc3c2Cl)CC1(Cl)Cl. The summed E-state index contributed by atoms with van der Waals surface area (Å²) in [5.41, 5.74) is 3.62. The van der Waals surface area contributed by atoms with Gasteiger partial charge >= 0.3 is 0 Å². The van der Waals surface area contributed by atoms with Crippen LogP contribution in [0.15, 0.2) is 18.2 Å². The Morgan fingerprint density at radius 2 is 1.96 bits per heavy atom. The first-order chi connectivity index (χ1) is 10.7. The fourth-order valence-electron chi connectivity index (χ4n) is 2.14. The van der Waals surface area contributed by atoms with Crippen molar-refractivity contribution in [1.29, 1.82) is 0 Å². The highest BCUT2D eigenvalue weighted by atomic mass is 35.5. The molecule has 0 spiro atoms. The van der Waals surface area contributed by atoms with Gasteiger partial charge in [0, 0.05) is 10.1 Å². The maximum Gasteiger partial charge on any atom is 0.281 e. The van der Waals surface area contributed by atoms with E-state index in [1.165, 1.54) is 18.2 Å². The number of rotatable bonds is 2. The highest BCUT2D eigenvalue weighted by Crippen LogP contribution is 2.63. The van der Waals surface area contributed by atoms with Crippen LogP contribution in [0.3, 0.4) is 0 Å². The van der Waals surface area contributed by atoms with Gasteiger partial charge in [-0.1, -0.05) is 11.6 Å². The van der Waals surface area contributed by atoms with Crippen LogP contribution in [0.25, 0.3) is 10.1 Å². The lowest BCUT2D eigenvalue weighted by atomic mass is 10.1. The number of fused-ring (bicyclic) bond motifs is 1. The third-order valence-corrected chi connectivity index (χ3v) is 6.60. The number of hydrogen-bond acceptors (Lipinski definition) is 3. The zero-order chi connectivity index (χ0) is 17.0. The van der Waals surface area contributed by atoms with Gasteiger partial charge in [-0.3, -0.25) is 20.4 Å². The van der Waals surface area contributed by atoms with Crippen LogP contribution in [0.1, 0.15) is 23.0 Å². The van der Waals surface area contributed by atoms with Crippen molar-refractivity contribution in [3.63, 3.8) is 0 Å². The number of alkyl halides is 2. The number of hydrogen-bond donors (Lipinski definition) is 2. The van der Waals surface area contributed by atoms with Crippen molar-refractivity contribution >= 4 is 68.0 Å². The van der Waals surface area contributed by atoms with Crippen molar-refractivity contribution in [2.24, 2.45) is 5.41 Å². The van der Waals surface area contributed by atoms with Crippen molar-refractivity contribution in [3.05, 3.63) is 33.9 Å². The monoisotopic (exact) mass is 394 g/mol. The van der Waals surface area contributed by atoms with Crippen LogP contribution < -0.4 is 10.9 Å². The molecule has 0 saturated heterocycles. The molecule has 1 unspecified atom stereocenters. The van der Waals surface area contributed by atoms with Gasteiger partial charge < -0.3 is 0 Å². The molecule has 9 heteroatoms. The summed E-state index contributed by atoms with van der Waals surface area (Å²) in [6.07, 6.45) is 0.299. The smallest absolute Gasteiger partial charge is 0.273 e. The Balaban J connectivity index is 1.74. The van der Waals surface area contributed by atoms with Crippen LogP contribution in [0.2, 0.25) is 5.02 Å². The normalized spacial score (nSPS) is 22.0. The van der Waals surface area contributed by atoms with Gasteiger partial charge in [-0.25, -0.2) is 4.39 Å². The highest BCUT2D eigenvalue weighted by Gasteiger charge is 2.68. The summed E-state index contributed by atoms with van der Waals surface area (Å²) in [6.45, 7) is 1.60. The minimum Gasteiger partial charge on any atom is -0.273 e. The van der Waals surface area contributed by atoms with Crippen molar-refractivity contribution < 1.29 is 14.0 Å². The molecule has 1 fully saturated rings. The number of carbonyl (C=O) groups excluding carboxylic acids is 2. The molecule has 2 aromatic rings. The zero-order valence-corrected chi connectivity index (χ0v) is 14.8. The molecule has 1 aliphatic rings. The Morgan fingerprint density at radius 3 is 2.57 bits per heavy atom. The Bertz CT molecular complexity index is 839. The maximum atomic E-state index is 13.2.